The van der Waals surface area contributed by atoms with E-state index in [0.717, 1.165) is 5.69 Å². The minimum Gasteiger partial charge on any atom is -0.380 e. The lowest BCUT2D eigenvalue weighted by Gasteiger charge is -2.22. The summed E-state index contributed by atoms with van der Waals surface area (Å²) in [6, 6.07) is 5.53. The van der Waals surface area contributed by atoms with Gasteiger partial charge in [-0.25, -0.2) is 0 Å². The third kappa shape index (κ3) is 3.45. The van der Waals surface area contributed by atoms with Crippen molar-refractivity contribution in [2.75, 3.05) is 5.32 Å². The summed E-state index contributed by atoms with van der Waals surface area (Å²) in [5.41, 5.74) is 1.03. The molecule has 0 aliphatic rings. The molecule has 1 nitrogen and oxygen atoms in total. The van der Waals surface area contributed by atoms with E-state index in [1.165, 1.54) is 0 Å². The van der Waals surface area contributed by atoms with Gasteiger partial charge in [0.1, 0.15) is 0 Å². The molecule has 1 aromatic carbocycles. The van der Waals surface area contributed by atoms with Gasteiger partial charge in [-0.15, -0.1) is 0 Å². The summed E-state index contributed by atoms with van der Waals surface area (Å²) in [6.45, 7) is 6.28. The Morgan fingerprint density at radius 1 is 1.08 bits per heavy atom. The van der Waals surface area contributed by atoms with Crippen LogP contribution in [0.3, 0.4) is 0 Å². The van der Waals surface area contributed by atoms with Gasteiger partial charge in [0.2, 0.25) is 0 Å². The molecule has 0 aliphatic carbocycles. The molecule has 0 saturated heterocycles. The first-order chi connectivity index (χ1) is 5.88. The Morgan fingerprint density at radius 2 is 1.69 bits per heavy atom. The van der Waals surface area contributed by atoms with E-state index < -0.39 is 0 Å². The quantitative estimate of drug-likeness (QED) is 0.744. The Morgan fingerprint density at radius 3 is 2.15 bits per heavy atom. The average molecular weight is 218 g/mol. The third-order valence-corrected chi connectivity index (χ3v) is 2.18. The second kappa shape index (κ2) is 3.77. The molecule has 0 heterocycles. The largest absolute Gasteiger partial charge is 0.380 e. The number of nitrogens with one attached hydrogen (secondary N) is 1. The molecule has 0 aromatic heterocycles. The fourth-order valence-electron chi connectivity index (χ4n) is 1.01. The molecule has 0 saturated carbocycles. The van der Waals surface area contributed by atoms with Gasteiger partial charge in [0.15, 0.2) is 0 Å². The van der Waals surface area contributed by atoms with Crippen molar-refractivity contribution in [2.45, 2.75) is 26.3 Å². The number of hydrogen-bond acceptors (Lipinski definition) is 1. The Bertz CT molecular complexity index is 302. The van der Waals surface area contributed by atoms with Gasteiger partial charge < -0.3 is 5.32 Å². The standard InChI is InChI=1S/C10H13Cl2N/c1-10(2,3)13-7-4-5-8(11)9(12)6-7/h4-6,13H,1-3H3. The summed E-state index contributed by atoms with van der Waals surface area (Å²) in [5, 5.41) is 4.47. The first kappa shape index (κ1) is 10.7. The number of halogens is 2. The van der Waals surface area contributed by atoms with Gasteiger partial charge >= 0.3 is 0 Å². The van der Waals surface area contributed by atoms with E-state index in [1.807, 2.05) is 12.1 Å². The minimum atomic E-state index is 0.0388. The minimum absolute atomic E-state index is 0.0388. The first-order valence-corrected chi connectivity index (χ1v) is 4.87. The average Bonchev–Trinajstić information content (AvgIpc) is 1.94. The van der Waals surface area contributed by atoms with Crippen LogP contribution in [0.25, 0.3) is 0 Å². The molecule has 13 heavy (non-hydrogen) atoms. The molecule has 1 N–H and O–H groups in total. The van der Waals surface area contributed by atoms with E-state index in [2.05, 4.69) is 26.1 Å². The van der Waals surface area contributed by atoms with Gasteiger partial charge in [-0.2, -0.15) is 0 Å². The van der Waals surface area contributed by atoms with E-state index in [0.29, 0.717) is 10.0 Å². The molecule has 0 aliphatic heterocycles. The SMILES string of the molecule is CC(C)(C)Nc1ccc(Cl)c(Cl)c1. The van der Waals surface area contributed by atoms with E-state index in [-0.39, 0.29) is 5.54 Å². The molecular formula is C10H13Cl2N. The second-order valence-electron chi connectivity index (χ2n) is 4.00. The normalized spacial score (nSPS) is 11.5. The van der Waals surface area contributed by atoms with Crippen molar-refractivity contribution in [1.29, 1.82) is 0 Å². The highest BCUT2D eigenvalue weighted by atomic mass is 35.5. The van der Waals surface area contributed by atoms with Crippen LogP contribution in [-0.4, -0.2) is 5.54 Å². The van der Waals surface area contributed by atoms with Gasteiger partial charge in [-0.1, -0.05) is 23.2 Å². The lowest BCUT2D eigenvalue weighted by molar-refractivity contribution is 0.634. The van der Waals surface area contributed by atoms with Crippen LogP contribution in [0.5, 0.6) is 0 Å². The molecule has 1 rings (SSSR count). The molecule has 3 heteroatoms. The smallest absolute Gasteiger partial charge is 0.0612 e. The van der Waals surface area contributed by atoms with Crippen molar-refractivity contribution >= 4 is 28.9 Å². The van der Waals surface area contributed by atoms with Crippen LogP contribution in [-0.2, 0) is 0 Å². The second-order valence-corrected chi connectivity index (χ2v) is 4.82. The Kier molecular flexibility index (Phi) is 3.09. The predicted octanol–water partition coefficient (Wildman–Crippen LogP) is 4.20. The van der Waals surface area contributed by atoms with Crippen molar-refractivity contribution in [3.05, 3.63) is 28.2 Å². The molecule has 0 unspecified atom stereocenters. The summed E-state index contributed by atoms with van der Waals surface area (Å²) >= 11 is 11.7. The zero-order valence-electron chi connectivity index (χ0n) is 7.99. The zero-order valence-corrected chi connectivity index (χ0v) is 9.50. The van der Waals surface area contributed by atoms with Gasteiger partial charge in [-0.05, 0) is 39.0 Å². The third-order valence-electron chi connectivity index (χ3n) is 1.44. The van der Waals surface area contributed by atoms with Crippen molar-refractivity contribution < 1.29 is 0 Å². The fourth-order valence-corrected chi connectivity index (χ4v) is 1.30. The number of anilines is 1. The molecule has 1 aromatic rings. The molecule has 0 amide bonds. The van der Waals surface area contributed by atoms with Crippen molar-refractivity contribution in [2.24, 2.45) is 0 Å². The summed E-state index contributed by atoms with van der Waals surface area (Å²) in [6.07, 6.45) is 0. The van der Waals surface area contributed by atoms with Crippen molar-refractivity contribution in [3.63, 3.8) is 0 Å². The molecule has 72 valence electrons. The predicted molar refractivity (Wildman–Crippen MR) is 59.8 cm³/mol. The fraction of sp³-hybridized carbons (Fsp3) is 0.400. The van der Waals surface area contributed by atoms with Crippen LogP contribution in [0.2, 0.25) is 10.0 Å². The molecule has 0 fully saturated rings. The first-order valence-electron chi connectivity index (χ1n) is 4.12. The monoisotopic (exact) mass is 217 g/mol. The van der Waals surface area contributed by atoms with Crippen LogP contribution in [0.4, 0.5) is 5.69 Å². The summed E-state index contributed by atoms with van der Waals surface area (Å²) < 4.78 is 0. The van der Waals surface area contributed by atoms with Crippen LogP contribution < -0.4 is 5.32 Å². The summed E-state index contributed by atoms with van der Waals surface area (Å²) in [7, 11) is 0. The van der Waals surface area contributed by atoms with E-state index in [1.54, 1.807) is 6.07 Å². The molecular weight excluding hydrogens is 205 g/mol. The topological polar surface area (TPSA) is 12.0 Å². The van der Waals surface area contributed by atoms with E-state index >= 15 is 0 Å². The summed E-state index contributed by atoms with van der Waals surface area (Å²) in [5.74, 6) is 0. The number of benzene rings is 1. The lowest BCUT2D eigenvalue weighted by atomic mass is 10.1. The molecule has 0 atom stereocenters. The van der Waals surface area contributed by atoms with Crippen molar-refractivity contribution in [3.8, 4) is 0 Å². The van der Waals surface area contributed by atoms with Gasteiger partial charge in [0, 0.05) is 11.2 Å². The lowest BCUT2D eigenvalue weighted by Crippen LogP contribution is -2.25. The van der Waals surface area contributed by atoms with Crippen LogP contribution in [0.15, 0.2) is 18.2 Å². The Balaban J connectivity index is 2.86. The highest BCUT2D eigenvalue weighted by Gasteiger charge is 2.09. The highest BCUT2D eigenvalue weighted by Crippen LogP contribution is 2.26. The molecule has 0 spiro atoms. The van der Waals surface area contributed by atoms with E-state index in [9.17, 15) is 0 Å². The van der Waals surface area contributed by atoms with Gasteiger partial charge in [0.05, 0.1) is 10.0 Å². The Labute approximate surface area is 89.0 Å². The maximum absolute atomic E-state index is 5.87. The van der Waals surface area contributed by atoms with Gasteiger partial charge in [0.25, 0.3) is 0 Å². The highest BCUT2D eigenvalue weighted by molar-refractivity contribution is 6.42. The van der Waals surface area contributed by atoms with E-state index in [4.69, 9.17) is 23.2 Å². The molecule has 0 bridgehead atoms. The number of rotatable bonds is 1. The maximum atomic E-state index is 5.87. The zero-order chi connectivity index (χ0) is 10.1. The summed E-state index contributed by atoms with van der Waals surface area (Å²) in [4.78, 5) is 0. The van der Waals surface area contributed by atoms with Crippen molar-refractivity contribution in [1.82, 2.24) is 0 Å². The van der Waals surface area contributed by atoms with Gasteiger partial charge in [-0.3, -0.25) is 0 Å². The van der Waals surface area contributed by atoms with Crippen LogP contribution in [0, 0.1) is 0 Å². The van der Waals surface area contributed by atoms with Crippen LogP contribution >= 0.6 is 23.2 Å². The number of hydrogen-bond donors (Lipinski definition) is 1. The maximum Gasteiger partial charge on any atom is 0.0612 e. The Hall–Kier alpha value is -0.400. The van der Waals surface area contributed by atoms with Crippen LogP contribution in [0.1, 0.15) is 20.8 Å². The molecule has 0 radical (unpaired) electrons.